The molecule has 176 valence electrons. The molecule has 0 aliphatic carbocycles. The minimum Gasteiger partial charge on any atom is -0.367 e. The van der Waals surface area contributed by atoms with E-state index in [0.29, 0.717) is 28.5 Å². The van der Waals surface area contributed by atoms with Gasteiger partial charge >= 0.3 is 6.18 Å². The Kier molecular flexibility index (Phi) is 5.99. The van der Waals surface area contributed by atoms with E-state index < -0.39 is 11.9 Å². The standard InChI is InChI=1S/C24H24F3N7/c1-13-9-21(30-12-16-5-8-20(29-11-16)24(25,26)27)32-23(31-13)22(14(2)28)17-6-7-19-18(10-17)15(3)33-34(19)4/h5-11,28,30,32H,12H2,1-4H3/b23-22+,28-14?. The van der Waals surface area contributed by atoms with E-state index in [9.17, 15) is 13.2 Å². The van der Waals surface area contributed by atoms with Crippen LogP contribution in [-0.2, 0) is 19.8 Å². The van der Waals surface area contributed by atoms with Gasteiger partial charge in [-0.25, -0.2) is 4.99 Å². The van der Waals surface area contributed by atoms with E-state index in [4.69, 9.17) is 5.41 Å². The molecule has 0 atom stereocenters. The summed E-state index contributed by atoms with van der Waals surface area (Å²) in [7, 11) is 1.89. The summed E-state index contributed by atoms with van der Waals surface area (Å²) < 4.78 is 40.0. The van der Waals surface area contributed by atoms with Crippen LogP contribution in [0, 0.1) is 12.3 Å². The minimum atomic E-state index is -4.47. The SMILES string of the molecule is CC(=N)/C(=C1/N=C(C)C=C(NCc2ccc(C(F)(F)F)nc2)N1)c1ccc2c(c1)c(C)nn2C. The van der Waals surface area contributed by atoms with Crippen molar-refractivity contribution in [3.05, 3.63) is 76.8 Å². The Bertz CT molecular complexity index is 1360. The Morgan fingerprint density at radius 1 is 1.18 bits per heavy atom. The lowest BCUT2D eigenvalue weighted by Gasteiger charge is -2.21. The predicted molar refractivity (Wildman–Crippen MR) is 126 cm³/mol. The van der Waals surface area contributed by atoms with Crippen molar-refractivity contribution in [2.24, 2.45) is 12.0 Å². The zero-order valence-corrected chi connectivity index (χ0v) is 19.2. The summed E-state index contributed by atoms with van der Waals surface area (Å²) in [6.45, 7) is 5.75. The van der Waals surface area contributed by atoms with E-state index in [2.05, 4.69) is 25.7 Å². The van der Waals surface area contributed by atoms with Crippen LogP contribution < -0.4 is 10.6 Å². The monoisotopic (exact) mass is 467 g/mol. The number of hydrogen-bond donors (Lipinski definition) is 3. The molecule has 1 aliphatic rings. The van der Waals surface area contributed by atoms with Gasteiger partial charge in [-0.15, -0.1) is 0 Å². The van der Waals surface area contributed by atoms with E-state index in [-0.39, 0.29) is 6.54 Å². The highest BCUT2D eigenvalue weighted by atomic mass is 19.4. The number of aromatic nitrogens is 3. The second-order valence-electron chi connectivity index (χ2n) is 8.13. The highest BCUT2D eigenvalue weighted by molar-refractivity contribution is 6.22. The van der Waals surface area contributed by atoms with Gasteiger partial charge in [-0.05, 0) is 56.2 Å². The Labute approximate surface area is 194 Å². The normalized spacial score (nSPS) is 15.5. The molecule has 7 nitrogen and oxygen atoms in total. The summed E-state index contributed by atoms with van der Waals surface area (Å²) >= 11 is 0. The maximum atomic E-state index is 12.7. The minimum absolute atomic E-state index is 0.268. The third-order valence-corrected chi connectivity index (χ3v) is 5.43. The van der Waals surface area contributed by atoms with Gasteiger partial charge in [0.1, 0.15) is 17.3 Å². The number of pyridine rings is 1. The fourth-order valence-corrected chi connectivity index (χ4v) is 3.84. The van der Waals surface area contributed by atoms with Gasteiger partial charge in [-0.1, -0.05) is 12.1 Å². The molecule has 0 fully saturated rings. The van der Waals surface area contributed by atoms with Crippen molar-refractivity contribution in [3.63, 3.8) is 0 Å². The van der Waals surface area contributed by atoms with Crippen molar-refractivity contribution in [3.8, 4) is 0 Å². The van der Waals surface area contributed by atoms with Gasteiger partial charge in [-0.2, -0.15) is 18.3 Å². The van der Waals surface area contributed by atoms with Gasteiger partial charge in [0.05, 0.1) is 11.2 Å². The van der Waals surface area contributed by atoms with Crippen molar-refractivity contribution < 1.29 is 13.2 Å². The van der Waals surface area contributed by atoms with Gasteiger partial charge in [-0.3, -0.25) is 9.67 Å². The van der Waals surface area contributed by atoms with Crippen LogP contribution in [0.4, 0.5) is 13.2 Å². The molecule has 3 heterocycles. The van der Waals surface area contributed by atoms with E-state index in [1.54, 1.807) is 13.0 Å². The lowest BCUT2D eigenvalue weighted by molar-refractivity contribution is -0.141. The molecule has 1 aromatic carbocycles. The van der Waals surface area contributed by atoms with Gasteiger partial charge in [0.2, 0.25) is 0 Å². The van der Waals surface area contributed by atoms with Crippen molar-refractivity contribution in [1.82, 2.24) is 25.4 Å². The van der Waals surface area contributed by atoms with E-state index >= 15 is 0 Å². The first kappa shape index (κ1) is 23.2. The number of aryl methyl sites for hydroxylation is 2. The number of alkyl halides is 3. The van der Waals surface area contributed by atoms with Gasteiger partial charge in [0.25, 0.3) is 0 Å². The third-order valence-electron chi connectivity index (χ3n) is 5.43. The smallest absolute Gasteiger partial charge is 0.367 e. The number of aliphatic imine (C=N–C) groups is 1. The molecule has 2 aromatic heterocycles. The predicted octanol–water partition coefficient (Wildman–Crippen LogP) is 4.70. The van der Waals surface area contributed by atoms with Gasteiger partial charge in [0, 0.05) is 42.2 Å². The number of nitrogens with one attached hydrogen (secondary N) is 3. The summed E-state index contributed by atoms with van der Waals surface area (Å²) in [6, 6.07) is 8.27. The molecule has 0 unspecified atom stereocenters. The van der Waals surface area contributed by atoms with Gasteiger partial charge < -0.3 is 16.0 Å². The fourth-order valence-electron chi connectivity index (χ4n) is 3.84. The number of benzene rings is 1. The van der Waals surface area contributed by atoms with Crippen LogP contribution in [-0.4, -0.2) is 26.2 Å². The van der Waals surface area contributed by atoms with Crippen LogP contribution in [0.2, 0.25) is 0 Å². The molecular formula is C24H24F3N7. The maximum absolute atomic E-state index is 12.7. The van der Waals surface area contributed by atoms with Gasteiger partial charge in [0.15, 0.2) is 0 Å². The molecule has 1 aliphatic heterocycles. The Balaban J connectivity index is 1.60. The Morgan fingerprint density at radius 2 is 1.94 bits per heavy atom. The molecule has 0 bridgehead atoms. The second kappa shape index (κ2) is 8.77. The molecule has 34 heavy (non-hydrogen) atoms. The van der Waals surface area contributed by atoms with Crippen LogP contribution in [0.5, 0.6) is 0 Å². The molecule has 0 radical (unpaired) electrons. The first-order chi connectivity index (χ1) is 16.0. The van der Waals surface area contributed by atoms with Crippen LogP contribution >= 0.6 is 0 Å². The molecule has 0 saturated carbocycles. The Morgan fingerprint density at radius 3 is 2.59 bits per heavy atom. The van der Waals surface area contributed by atoms with E-state index in [0.717, 1.165) is 33.9 Å². The zero-order chi connectivity index (χ0) is 24.6. The highest BCUT2D eigenvalue weighted by Gasteiger charge is 2.32. The molecule has 0 spiro atoms. The summed E-state index contributed by atoms with van der Waals surface area (Å²) in [6.07, 6.45) is -1.47. The number of hydrogen-bond acceptors (Lipinski definition) is 6. The number of rotatable bonds is 5. The topological polar surface area (TPSA) is 91.0 Å². The lowest BCUT2D eigenvalue weighted by Crippen LogP contribution is -2.30. The first-order valence-electron chi connectivity index (χ1n) is 10.6. The highest BCUT2D eigenvalue weighted by Crippen LogP contribution is 2.28. The van der Waals surface area contributed by atoms with Crippen molar-refractivity contribution >= 4 is 27.9 Å². The quantitative estimate of drug-likeness (QED) is 0.475. The molecule has 10 heteroatoms. The summed E-state index contributed by atoms with van der Waals surface area (Å²) in [5.74, 6) is 1.14. The van der Waals surface area contributed by atoms with E-state index in [1.807, 2.05) is 43.8 Å². The van der Waals surface area contributed by atoms with Crippen molar-refractivity contribution in [1.29, 1.82) is 5.41 Å². The van der Waals surface area contributed by atoms with E-state index in [1.165, 1.54) is 12.3 Å². The zero-order valence-electron chi connectivity index (χ0n) is 19.2. The average Bonchev–Trinajstić information content (AvgIpc) is 3.04. The number of halogens is 3. The molecular weight excluding hydrogens is 443 g/mol. The van der Waals surface area contributed by atoms with Crippen LogP contribution in [0.25, 0.3) is 16.5 Å². The second-order valence-corrected chi connectivity index (χ2v) is 8.13. The summed E-state index contributed by atoms with van der Waals surface area (Å²) in [5, 5.41) is 20.3. The number of nitrogens with zero attached hydrogens (tertiary/aromatic N) is 4. The lowest BCUT2D eigenvalue weighted by atomic mass is 9.99. The molecule has 4 rings (SSSR count). The molecule has 3 aromatic rings. The maximum Gasteiger partial charge on any atom is 0.433 e. The van der Waals surface area contributed by atoms with Crippen molar-refractivity contribution in [2.45, 2.75) is 33.5 Å². The van der Waals surface area contributed by atoms with Crippen LogP contribution in [0.15, 0.2) is 59.2 Å². The van der Waals surface area contributed by atoms with Crippen LogP contribution in [0.1, 0.15) is 36.4 Å². The molecule has 0 saturated heterocycles. The molecule has 3 N–H and O–H groups in total. The fraction of sp³-hybridized carbons (Fsp3) is 0.250. The average molecular weight is 467 g/mol. The summed E-state index contributed by atoms with van der Waals surface area (Å²) in [5.41, 5.74) is 4.12. The largest absolute Gasteiger partial charge is 0.433 e. The first-order valence-corrected chi connectivity index (χ1v) is 10.6. The number of allylic oxidation sites excluding steroid dienone is 2. The van der Waals surface area contributed by atoms with Crippen LogP contribution in [0.3, 0.4) is 0 Å². The Hall–Kier alpha value is -3.95. The third kappa shape index (κ3) is 4.70. The summed E-state index contributed by atoms with van der Waals surface area (Å²) in [4.78, 5) is 8.10. The van der Waals surface area contributed by atoms with Crippen molar-refractivity contribution in [2.75, 3.05) is 0 Å². The molecule has 0 amide bonds. The number of fused-ring (bicyclic) bond motifs is 1.